The zero-order chi connectivity index (χ0) is 13.8. The summed E-state index contributed by atoms with van der Waals surface area (Å²) in [6, 6.07) is 5.89. The Morgan fingerprint density at radius 1 is 1.47 bits per heavy atom. The van der Waals surface area contributed by atoms with Gasteiger partial charge in [0.25, 0.3) is 0 Å². The van der Waals surface area contributed by atoms with Crippen LogP contribution in [0, 0.1) is 0 Å². The zero-order valence-corrected chi connectivity index (χ0v) is 11.6. The van der Waals surface area contributed by atoms with E-state index in [1.165, 1.54) is 11.1 Å². The molecule has 0 radical (unpaired) electrons. The van der Waals surface area contributed by atoms with Crippen LogP contribution in [0.1, 0.15) is 43.9 Å². The molecule has 1 aliphatic carbocycles. The monoisotopic (exact) mass is 262 g/mol. The first kappa shape index (κ1) is 13.9. The fourth-order valence-electron chi connectivity index (χ4n) is 2.60. The van der Waals surface area contributed by atoms with Gasteiger partial charge in [-0.05, 0) is 56.4 Å². The first-order valence-electron chi connectivity index (χ1n) is 6.91. The van der Waals surface area contributed by atoms with E-state index in [1.54, 1.807) is 6.07 Å². The molecule has 0 bridgehead atoms. The van der Waals surface area contributed by atoms with Crippen LogP contribution in [-0.4, -0.2) is 23.6 Å². The van der Waals surface area contributed by atoms with Gasteiger partial charge in [0.15, 0.2) is 0 Å². The SMILES string of the molecule is CC(C)NC(=O)CNC1CCCc2cc(O)ccc21. The lowest BCUT2D eigenvalue weighted by molar-refractivity contribution is -0.120. The van der Waals surface area contributed by atoms with Crippen LogP contribution in [0.5, 0.6) is 5.75 Å². The number of rotatable bonds is 4. The average Bonchev–Trinajstić information content (AvgIpc) is 2.35. The van der Waals surface area contributed by atoms with E-state index in [0.29, 0.717) is 12.3 Å². The minimum atomic E-state index is 0.0286. The molecule has 4 nitrogen and oxygen atoms in total. The summed E-state index contributed by atoms with van der Waals surface area (Å²) in [7, 11) is 0. The van der Waals surface area contributed by atoms with Crippen molar-refractivity contribution in [2.75, 3.05) is 6.54 Å². The number of phenols is 1. The van der Waals surface area contributed by atoms with E-state index < -0.39 is 0 Å². The molecule has 1 aromatic carbocycles. The summed E-state index contributed by atoms with van der Waals surface area (Å²) in [5.41, 5.74) is 2.40. The van der Waals surface area contributed by atoms with Crippen molar-refractivity contribution in [2.24, 2.45) is 0 Å². The second kappa shape index (κ2) is 6.06. The molecule has 1 amide bonds. The van der Waals surface area contributed by atoms with Gasteiger partial charge in [0, 0.05) is 12.1 Å². The first-order valence-corrected chi connectivity index (χ1v) is 6.91. The van der Waals surface area contributed by atoms with Gasteiger partial charge >= 0.3 is 0 Å². The highest BCUT2D eigenvalue weighted by atomic mass is 16.3. The molecule has 0 aromatic heterocycles. The number of carbonyl (C=O) groups excluding carboxylic acids is 1. The van der Waals surface area contributed by atoms with Crippen LogP contribution < -0.4 is 10.6 Å². The molecule has 104 valence electrons. The van der Waals surface area contributed by atoms with E-state index in [9.17, 15) is 9.90 Å². The van der Waals surface area contributed by atoms with Gasteiger partial charge in [-0.2, -0.15) is 0 Å². The fraction of sp³-hybridized carbons (Fsp3) is 0.533. The van der Waals surface area contributed by atoms with Gasteiger partial charge in [-0.25, -0.2) is 0 Å². The summed E-state index contributed by atoms with van der Waals surface area (Å²) in [4.78, 5) is 11.6. The van der Waals surface area contributed by atoms with E-state index in [-0.39, 0.29) is 18.0 Å². The molecule has 1 aliphatic rings. The van der Waals surface area contributed by atoms with Gasteiger partial charge in [0.05, 0.1) is 6.54 Å². The molecule has 0 heterocycles. The Hall–Kier alpha value is -1.55. The summed E-state index contributed by atoms with van der Waals surface area (Å²) in [5, 5.41) is 15.7. The summed E-state index contributed by atoms with van der Waals surface area (Å²) < 4.78 is 0. The highest BCUT2D eigenvalue weighted by Gasteiger charge is 2.20. The zero-order valence-electron chi connectivity index (χ0n) is 11.6. The Balaban J connectivity index is 1.98. The molecule has 2 rings (SSSR count). The topological polar surface area (TPSA) is 61.4 Å². The maximum Gasteiger partial charge on any atom is 0.234 e. The van der Waals surface area contributed by atoms with E-state index in [2.05, 4.69) is 10.6 Å². The van der Waals surface area contributed by atoms with Crippen molar-refractivity contribution in [2.45, 2.75) is 45.2 Å². The van der Waals surface area contributed by atoms with Crippen LogP contribution in [0.4, 0.5) is 0 Å². The van der Waals surface area contributed by atoms with Crippen LogP contribution in [0.2, 0.25) is 0 Å². The Kier molecular flexibility index (Phi) is 4.43. The van der Waals surface area contributed by atoms with Crippen molar-refractivity contribution in [3.8, 4) is 5.75 Å². The van der Waals surface area contributed by atoms with Crippen molar-refractivity contribution < 1.29 is 9.90 Å². The summed E-state index contributed by atoms with van der Waals surface area (Å²) in [6.45, 7) is 4.25. The van der Waals surface area contributed by atoms with Crippen molar-refractivity contribution in [3.63, 3.8) is 0 Å². The largest absolute Gasteiger partial charge is 0.508 e. The lowest BCUT2D eigenvalue weighted by Crippen LogP contribution is -2.39. The van der Waals surface area contributed by atoms with E-state index in [1.807, 2.05) is 26.0 Å². The van der Waals surface area contributed by atoms with Crippen LogP contribution >= 0.6 is 0 Å². The smallest absolute Gasteiger partial charge is 0.234 e. The third-order valence-electron chi connectivity index (χ3n) is 3.40. The highest BCUT2D eigenvalue weighted by molar-refractivity contribution is 5.78. The number of hydrogen-bond donors (Lipinski definition) is 3. The third-order valence-corrected chi connectivity index (χ3v) is 3.40. The molecule has 4 heteroatoms. The molecule has 0 saturated heterocycles. The Bertz CT molecular complexity index is 457. The predicted octanol–water partition coefficient (Wildman–Crippen LogP) is 1.88. The van der Waals surface area contributed by atoms with E-state index >= 15 is 0 Å². The Morgan fingerprint density at radius 2 is 2.26 bits per heavy atom. The molecule has 3 N–H and O–H groups in total. The normalized spacial score (nSPS) is 18.2. The van der Waals surface area contributed by atoms with Gasteiger partial charge in [-0.15, -0.1) is 0 Å². The van der Waals surface area contributed by atoms with Crippen molar-refractivity contribution >= 4 is 5.91 Å². The molecule has 0 aliphatic heterocycles. The Morgan fingerprint density at radius 3 is 3.00 bits per heavy atom. The van der Waals surface area contributed by atoms with E-state index in [0.717, 1.165) is 19.3 Å². The van der Waals surface area contributed by atoms with Crippen LogP contribution in [0.3, 0.4) is 0 Å². The molecular formula is C15H22N2O2. The molecule has 19 heavy (non-hydrogen) atoms. The van der Waals surface area contributed by atoms with Gasteiger partial charge in [0.1, 0.15) is 5.75 Å². The quantitative estimate of drug-likeness (QED) is 0.776. The summed E-state index contributed by atoms with van der Waals surface area (Å²) >= 11 is 0. The van der Waals surface area contributed by atoms with Crippen LogP contribution in [-0.2, 0) is 11.2 Å². The highest BCUT2D eigenvalue weighted by Crippen LogP contribution is 2.31. The molecule has 0 spiro atoms. The van der Waals surface area contributed by atoms with Crippen molar-refractivity contribution in [1.29, 1.82) is 0 Å². The number of hydrogen-bond acceptors (Lipinski definition) is 3. The molecule has 1 unspecified atom stereocenters. The summed E-state index contributed by atoms with van der Waals surface area (Å²) in [6.07, 6.45) is 3.12. The van der Waals surface area contributed by atoms with Gasteiger partial charge in [-0.1, -0.05) is 6.07 Å². The van der Waals surface area contributed by atoms with Crippen molar-refractivity contribution in [3.05, 3.63) is 29.3 Å². The minimum Gasteiger partial charge on any atom is -0.508 e. The number of amides is 1. The maximum atomic E-state index is 11.6. The van der Waals surface area contributed by atoms with Gasteiger partial charge < -0.3 is 15.7 Å². The molecule has 1 aromatic rings. The number of phenolic OH excluding ortho intramolecular Hbond substituents is 1. The van der Waals surface area contributed by atoms with Gasteiger partial charge in [-0.3, -0.25) is 4.79 Å². The lowest BCUT2D eigenvalue weighted by Gasteiger charge is -2.26. The summed E-state index contributed by atoms with van der Waals surface area (Å²) in [5.74, 6) is 0.345. The minimum absolute atomic E-state index is 0.0286. The number of nitrogens with one attached hydrogen (secondary N) is 2. The first-order chi connectivity index (χ1) is 9.06. The lowest BCUT2D eigenvalue weighted by atomic mass is 9.87. The average molecular weight is 262 g/mol. The maximum absolute atomic E-state index is 11.6. The fourth-order valence-corrected chi connectivity index (χ4v) is 2.60. The van der Waals surface area contributed by atoms with Gasteiger partial charge in [0.2, 0.25) is 5.91 Å². The standard InChI is InChI=1S/C15H22N2O2/c1-10(2)17-15(19)9-16-14-5-3-4-11-8-12(18)6-7-13(11)14/h6-8,10,14,16,18H,3-5,9H2,1-2H3,(H,17,19). The van der Waals surface area contributed by atoms with Crippen LogP contribution in [0.15, 0.2) is 18.2 Å². The molecule has 1 atom stereocenters. The van der Waals surface area contributed by atoms with E-state index in [4.69, 9.17) is 0 Å². The second-order valence-corrected chi connectivity index (χ2v) is 5.43. The van der Waals surface area contributed by atoms with Crippen molar-refractivity contribution in [1.82, 2.24) is 10.6 Å². The third kappa shape index (κ3) is 3.70. The molecule has 0 fully saturated rings. The number of aryl methyl sites for hydroxylation is 1. The second-order valence-electron chi connectivity index (χ2n) is 5.43. The number of benzene rings is 1. The molecular weight excluding hydrogens is 240 g/mol. The molecule has 0 saturated carbocycles. The Labute approximate surface area is 114 Å². The predicted molar refractivity (Wildman–Crippen MR) is 75.1 cm³/mol. The number of carbonyl (C=O) groups is 1. The number of aromatic hydroxyl groups is 1. The number of fused-ring (bicyclic) bond motifs is 1. The van der Waals surface area contributed by atoms with Crippen LogP contribution in [0.25, 0.3) is 0 Å².